The van der Waals surface area contributed by atoms with E-state index in [-0.39, 0.29) is 17.6 Å². The smallest absolute Gasteiger partial charge is 0.253 e. The summed E-state index contributed by atoms with van der Waals surface area (Å²) < 4.78 is 13.6. The zero-order valence-corrected chi connectivity index (χ0v) is 22.3. The first-order chi connectivity index (χ1) is 18.1. The minimum Gasteiger partial charge on any atom is -0.386 e. The van der Waals surface area contributed by atoms with Crippen LogP contribution in [0.3, 0.4) is 0 Å². The van der Waals surface area contributed by atoms with Crippen molar-refractivity contribution >= 4 is 23.3 Å². The highest BCUT2D eigenvalue weighted by atomic mass is 19.1. The van der Waals surface area contributed by atoms with Gasteiger partial charge < -0.3 is 21.3 Å². The summed E-state index contributed by atoms with van der Waals surface area (Å²) in [5.74, 6) is -0.227. The summed E-state index contributed by atoms with van der Waals surface area (Å²) in [6.45, 7) is 0.315. The minimum atomic E-state index is -0.913. The molecule has 0 fully saturated rings. The fourth-order valence-electron chi connectivity index (χ4n) is 5.27. The molecule has 0 saturated heterocycles. The molecule has 38 heavy (non-hydrogen) atoms. The molecule has 4 rings (SSSR count). The van der Waals surface area contributed by atoms with Crippen LogP contribution in [0.15, 0.2) is 65.7 Å². The highest BCUT2D eigenvalue weighted by Crippen LogP contribution is 2.43. The Bertz CT molecular complexity index is 1320. The van der Waals surface area contributed by atoms with Crippen LogP contribution in [0.2, 0.25) is 0 Å². The van der Waals surface area contributed by atoms with Gasteiger partial charge >= 0.3 is 0 Å². The molecule has 4 N–H and O–H groups in total. The van der Waals surface area contributed by atoms with Crippen molar-refractivity contribution in [2.45, 2.75) is 24.7 Å². The van der Waals surface area contributed by atoms with Gasteiger partial charge in [-0.1, -0.05) is 12.1 Å². The molecule has 1 aliphatic carbocycles. The van der Waals surface area contributed by atoms with Crippen LogP contribution >= 0.6 is 0 Å². The van der Waals surface area contributed by atoms with Crippen LogP contribution in [-0.2, 0) is 18.3 Å². The number of aliphatic imine (C=N–C) groups is 1. The van der Waals surface area contributed by atoms with Crippen molar-refractivity contribution in [2.24, 2.45) is 16.5 Å². The molecule has 0 radical (unpaired) electrons. The first kappa shape index (κ1) is 27.0. The van der Waals surface area contributed by atoms with Crippen LogP contribution in [0.5, 0.6) is 0 Å². The van der Waals surface area contributed by atoms with Gasteiger partial charge in [0.1, 0.15) is 11.7 Å². The van der Waals surface area contributed by atoms with Gasteiger partial charge in [-0.3, -0.25) is 9.59 Å². The molecular weight excluding hydrogens is 481 g/mol. The molecule has 0 bridgehead atoms. The van der Waals surface area contributed by atoms with Gasteiger partial charge in [0, 0.05) is 39.3 Å². The number of hydrogen-bond acceptors (Lipinski definition) is 4. The zero-order valence-electron chi connectivity index (χ0n) is 22.3. The summed E-state index contributed by atoms with van der Waals surface area (Å²) in [5, 5.41) is 0. The molecule has 0 heterocycles. The summed E-state index contributed by atoms with van der Waals surface area (Å²) in [6, 6.07) is 17.2. The van der Waals surface area contributed by atoms with E-state index in [4.69, 9.17) is 16.5 Å². The molecule has 198 valence electrons. The Kier molecular flexibility index (Phi) is 7.64. The third-order valence-electron chi connectivity index (χ3n) is 7.13. The van der Waals surface area contributed by atoms with Gasteiger partial charge in [-0.25, -0.2) is 9.38 Å². The molecule has 3 aromatic carbocycles. The van der Waals surface area contributed by atoms with E-state index in [1.807, 2.05) is 36.4 Å². The lowest BCUT2D eigenvalue weighted by molar-refractivity contribution is 0.0820. The summed E-state index contributed by atoms with van der Waals surface area (Å²) >= 11 is 0. The van der Waals surface area contributed by atoms with E-state index in [1.165, 1.54) is 12.1 Å². The van der Waals surface area contributed by atoms with Crippen LogP contribution < -0.4 is 11.5 Å². The van der Waals surface area contributed by atoms with Crippen molar-refractivity contribution < 1.29 is 14.0 Å². The quantitative estimate of drug-likeness (QED) is 0.386. The molecule has 0 saturated carbocycles. The normalized spacial score (nSPS) is 14.2. The maximum Gasteiger partial charge on any atom is 0.253 e. The van der Waals surface area contributed by atoms with E-state index in [0.717, 1.165) is 22.3 Å². The SMILES string of the molecule is CN(C)C(=O)c1ccc2c(c1)CCc1cc(C(=O)N(C)C)ccc1C2(CCN)C(N)=Nc1ccc(F)cc1. The number of benzene rings is 3. The molecule has 3 aromatic rings. The Balaban J connectivity index is 2.00. The number of nitrogens with zero attached hydrogens (tertiary/aromatic N) is 3. The van der Waals surface area contributed by atoms with Gasteiger partial charge in [-0.05, 0) is 96.6 Å². The van der Waals surface area contributed by atoms with Crippen LogP contribution in [-0.4, -0.2) is 62.2 Å². The summed E-state index contributed by atoms with van der Waals surface area (Å²) in [7, 11) is 6.89. The van der Waals surface area contributed by atoms with Gasteiger partial charge in [0.2, 0.25) is 0 Å². The summed E-state index contributed by atoms with van der Waals surface area (Å²) in [5.41, 5.74) is 17.7. The third-order valence-corrected chi connectivity index (χ3v) is 7.13. The summed E-state index contributed by atoms with van der Waals surface area (Å²) in [6.07, 6.45) is 1.74. The number of aryl methyl sites for hydroxylation is 2. The first-order valence-corrected chi connectivity index (χ1v) is 12.6. The average Bonchev–Trinajstić information content (AvgIpc) is 3.03. The molecule has 0 unspecified atom stereocenters. The minimum absolute atomic E-state index is 0.0918. The molecule has 7 nitrogen and oxygen atoms in total. The van der Waals surface area contributed by atoms with E-state index < -0.39 is 5.41 Å². The monoisotopic (exact) mass is 515 g/mol. The summed E-state index contributed by atoms with van der Waals surface area (Å²) in [4.78, 5) is 33.4. The Labute approximate surface area is 223 Å². The lowest BCUT2D eigenvalue weighted by atomic mass is 9.68. The number of amidine groups is 1. The van der Waals surface area contributed by atoms with Crippen LogP contribution in [0.25, 0.3) is 0 Å². The fourth-order valence-corrected chi connectivity index (χ4v) is 5.27. The average molecular weight is 516 g/mol. The molecule has 0 aliphatic heterocycles. The fraction of sp³-hybridized carbons (Fsp3) is 0.300. The number of amides is 2. The Morgan fingerprint density at radius 2 is 1.32 bits per heavy atom. The van der Waals surface area contributed by atoms with Gasteiger partial charge in [0.25, 0.3) is 11.8 Å². The lowest BCUT2D eigenvalue weighted by Gasteiger charge is -2.36. The maximum absolute atomic E-state index is 13.6. The number of hydrogen-bond donors (Lipinski definition) is 2. The highest BCUT2D eigenvalue weighted by Gasteiger charge is 2.43. The number of rotatable bonds is 6. The predicted molar refractivity (Wildman–Crippen MR) is 148 cm³/mol. The van der Waals surface area contributed by atoms with E-state index in [0.29, 0.717) is 48.5 Å². The van der Waals surface area contributed by atoms with Crippen LogP contribution in [0, 0.1) is 5.82 Å². The molecule has 8 heteroatoms. The first-order valence-electron chi connectivity index (χ1n) is 12.6. The van der Waals surface area contributed by atoms with Gasteiger partial charge in [0.15, 0.2) is 0 Å². The van der Waals surface area contributed by atoms with Crippen LogP contribution in [0.1, 0.15) is 49.4 Å². The predicted octanol–water partition coefficient (Wildman–Crippen LogP) is 3.65. The standard InChI is InChI=1S/C30H34FN5O2/c1-35(2)27(37)21-7-13-25-19(17-21)5-6-20-18-22(28(38)36(3)4)8-14-26(20)30(25,15-16-32)29(33)34-24-11-9-23(31)10-12-24/h7-14,17-18H,5-6,15-16,32H2,1-4H3,(H2,33,34). The van der Waals surface area contributed by atoms with Crippen molar-refractivity contribution in [3.05, 3.63) is 99.9 Å². The van der Waals surface area contributed by atoms with Crippen LogP contribution in [0.4, 0.5) is 10.1 Å². The molecular formula is C30H34FN5O2. The van der Waals surface area contributed by atoms with Gasteiger partial charge in [-0.2, -0.15) is 0 Å². The Morgan fingerprint density at radius 1 is 0.842 bits per heavy atom. The number of halogens is 1. The lowest BCUT2D eigenvalue weighted by Crippen LogP contribution is -2.45. The second kappa shape index (κ2) is 10.8. The van der Waals surface area contributed by atoms with Crippen molar-refractivity contribution in [2.75, 3.05) is 34.7 Å². The zero-order chi connectivity index (χ0) is 27.6. The van der Waals surface area contributed by atoms with Crippen molar-refractivity contribution in [1.29, 1.82) is 0 Å². The number of carbonyl (C=O) groups is 2. The molecule has 1 aliphatic rings. The molecule has 0 spiro atoms. The largest absolute Gasteiger partial charge is 0.386 e. The number of fused-ring (bicyclic) bond motifs is 2. The van der Waals surface area contributed by atoms with E-state index in [1.54, 1.807) is 50.1 Å². The van der Waals surface area contributed by atoms with Crippen molar-refractivity contribution in [1.82, 2.24) is 9.80 Å². The third kappa shape index (κ3) is 4.91. The van der Waals surface area contributed by atoms with Gasteiger partial charge in [-0.15, -0.1) is 0 Å². The Morgan fingerprint density at radius 3 is 1.74 bits per heavy atom. The molecule has 2 amide bonds. The second-order valence-corrected chi connectivity index (χ2v) is 10.1. The number of nitrogens with two attached hydrogens (primary N) is 2. The van der Waals surface area contributed by atoms with E-state index >= 15 is 0 Å². The second-order valence-electron chi connectivity index (χ2n) is 10.1. The van der Waals surface area contributed by atoms with E-state index in [9.17, 15) is 14.0 Å². The Hall–Kier alpha value is -4.04. The topological polar surface area (TPSA) is 105 Å². The molecule has 0 aromatic heterocycles. The van der Waals surface area contributed by atoms with Crippen molar-refractivity contribution in [3.8, 4) is 0 Å². The van der Waals surface area contributed by atoms with E-state index in [2.05, 4.69) is 0 Å². The maximum atomic E-state index is 13.6. The highest BCUT2D eigenvalue weighted by molar-refractivity contribution is 6.00. The van der Waals surface area contributed by atoms with Crippen molar-refractivity contribution in [3.63, 3.8) is 0 Å². The number of carbonyl (C=O) groups excluding carboxylic acids is 2. The molecule has 0 atom stereocenters. The van der Waals surface area contributed by atoms with Gasteiger partial charge in [0.05, 0.1) is 11.1 Å².